The van der Waals surface area contributed by atoms with Crippen LogP contribution in [0.15, 0.2) is 29.0 Å². The van der Waals surface area contributed by atoms with Gasteiger partial charge in [-0.05, 0) is 54.0 Å². The minimum Gasteiger partial charge on any atom is -0.303 e. The molecule has 0 saturated carbocycles. The average Bonchev–Trinajstić information content (AvgIpc) is 2.80. The van der Waals surface area contributed by atoms with Crippen molar-refractivity contribution < 1.29 is 0 Å². The predicted octanol–water partition coefficient (Wildman–Crippen LogP) is 3.13. The number of imidazole rings is 1. The second kappa shape index (κ2) is 5.41. The number of nitrogens with zero attached hydrogens (tertiary/aromatic N) is 3. The van der Waals surface area contributed by atoms with Crippen molar-refractivity contribution in [3.05, 3.63) is 34.8 Å². The number of aromatic nitrogens is 2. The molecule has 3 rings (SSSR count). The van der Waals surface area contributed by atoms with Crippen LogP contribution in [0.4, 0.5) is 0 Å². The molecule has 0 N–H and O–H groups in total. The van der Waals surface area contributed by atoms with Crippen LogP contribution in [-0.2, 0) is 6.42 Å². The Bertz CT molecular complexity index is 529. The van der Waals surface area contributed by atoms with Crippen molar-refractivity contribution in [1.29, 1.82) is 0 Å². The van der Waals surface area contributed by atoms with Crippen molar-refractivity contribution in [2.75, 3.05) is 19.6 Å². The van der Waals surface area contributed by atoms with E-state index in [0.29, 0.717) is 0 Å². The van der Waals surface area contributed by atoms with Gasteiger partial charge in [-0.2, -0.15) is 0 Å². The van der Waals surface area contributed by atoms with Gasteiger partial charge in [-0.3, -0.25) is 0 Å². The van der Waals surface area contributed by atoms with Crippen LogP contribution >= 0.6 is 15.9 Å². The number of piperidine rings is 1. The van der Waals surface area contributed by atoms with Crippen LogP contribution in [0.3, 0.4) is 0 Å². The second-order valence-corrected chi connectivity index (χ2v) is 5.88. The molecule has 4 heteroatoms. The molecule has 0 radical (unpaired) electrons. The molecule has 96 valence electrons. The molecule has 0 amide bonds. The average molecular weight is 308 g/mol. The summed E-state index contributed by atoms with van der Waals surface area (Å²) in [7, 11) is 0. The largest absolute Gasteiger partial charge is 0.303 e. The van der Waals surface area contributed by atoms with Crippen LogP contribution in [0.1, 0.15) is 25.1 Å². The molecule has 3 heterocycles. The summed E-state index contributed by atoms with van der Waals surface area (Å²) in [5, 5.41) is 0. The topological polar surface area (TPSA) is 20.5 Å². The Labute approximate surface area is 116 Å². The zero-order valence-electron chi connectivity index (χ0n) is 10.5. The summed E-state index contributed by atoms with van der Waals surface area (Å²) >= 11 is 3.52. The van der Waals surface area contributed by atoms with Crippen molar-refractivity contribution in [3.8, 4) is 0 Å². The van der Waals surface area contributed by atoms with Gasteiger partial charge in [0.1, 0.15) is 5.82 Å². The summed E-state index contributed by atoms with van der Waals surface area (Å²) in [6.45, 7) is 3.64. The van der Waals surface area contributed by atoms with Gasteiger partial charge in [-0.1, -0.05) is 6.42 Å². The van der Waals surface area contributed by atoms with Crippen molar-refractivity contribution in [1.82, 2.24) is 14.3 Å². The first-order valence-electron chi connectivity index (χ1n) is 6.67. The van der Waals surface area contributed by atoms with Crippen LogP contribution in [0, 0.1) is 0 Å². The number of fused-ring (bicyclic) bond motifs is 1. The molecule has 0 bridgehead atoms. The van der Waals surface area contributed by atoms with Gasteiger partial charge in [-0.15, -0.1) is 0 Å². The summed E-state index contributed by atoms with van der Waals surface area (Å²) in [4.78, 5) is 7.09. The van der Waals surface area contributed by atoms with E-state index in [1.165, 1.54) is 37.9 Å². The first-order chi connectivity index (χ1) is 8.83. The highest BCUT2D eigenvalue weighted by atomic mass is 79.9. The van der Waals surface area contributed by atoms with Crippen LogP contribution in [-0.4, -0.2) is 33.9 Å². The van der Waals surface area contributed by atoms with Crippen molar-refractivity contribution in [2.24, 2.45) is 0 Å². The minimum atomic E-state index is 1.03. The molecular weight excluding hydrogens is 290 g/mol. The van der Waals surface area contributed by atoms with Gasteiger partial charge in [0.2, 0.25) is 0 Å². The number of pyridine rings is 1. The molecule has 18 heavy (non-hydrogen) atoms. The lowest BCUT2D eigenvalue weighted by Crippen LogP contribution is -2.31. The Hall–Kier alpha value is -0.870. The molecule has 0 unspecified atom stereocenters. The smallest absolute Gasteiger partial charge is 0.114 e. The molecule has 2 aromatic rings. The van der Waals surface area contributed by atoms with Gasteiger partial charge in [0.05, 0.1) is 11.7 Å². The number of likely N-dealkylation sites (tertiary alicyclic amines) is 1. The third-order valence-corrected chi connectivity index (χ3v) is 4.14. The maximum atomic E-state index is 4.54. The summed E-state index contributed by atoms with van der Waals surface area (Å²) in [6, 6.07) is 4.16. The molecule has 0 aromatic carbocycles. The van der Waals surface area contributed by atoms with Crippen molar-refractivity contribution in [3.63, 3.8) is 0 Å². The Morgan fingerprint density at radius 3 is 2.83 bits per heavy atom. The molecule has 2 aromatic heterocycles. The summed E-state index contributed by atoms with van der Waals surface area (Å²) < 4.78 is 3.29. The zero-order valence-corrected chi connectivity index (χ0v) is 12.1. The standard InChI is InChI=1S/C14H18BrN3/c15-12-4-5-13-10-16-14(18(13)11-12)6-9-17-7-2-1-3-8-17/h4-5,10-11H,1-3,6-9H2. The Kier molecular flexibility index (Phi) is 3.66. The molecule has 1 saturated heterocycles. The number of halogens is 1. The highest BCUT2D eigenvalue weighted by Gasteiger charge is 2.11. The van der Waals surface area contributed by atoms with Crippen molar-refractivity contribution >= 4 is 21.4 Å². The minimum absolute atomic E-state index is 1.03. The zero-order chi connectivity index (χ0) is 12.4. The molecule has 3 nitrogen and oxygen atoms in total. The highest BCUT2D eigenvalue weighted by molar-refractivity contribution is 9.10. The van der Waals surface area contributed by atoms with Crippen LogP contribution in [0.25, 0.3) is 5.52 Å². The number of hydrogen-bond acceptors (Lipinski definition) is 2. The fourth-order valence-electron chi connectivity index (χ4n) is 2.64. The summed E-state index contributed by atoms with van der Waals surface area (Å²) in [6.07, 6.45) is 9.20. The van der Waals surface area contributed by atoms with Gasteiger partial charge in [-0.25, -0.2) is 4.98 Å². The van der Waals surface area contributed by atoms with E-state index in [1.807, 2.05) is 6.20 Å². The van der Waals surface area contributed by atoms with Crippen LogP contribution in [0.2, 0.25) is 0 Å². The number of hydrogen-bond donors (Lipinski definition) is 0. The Morgan fingerprint density at radius 1 is 1.17 bits per heavy atom. The van der Waals surface area contributed by atoms with E-state index in [0.717, 1.165) is 23.3 Å². The monoisotopic (exact) mass is 307 g/mol. The molecule has 1 fully saturated rings. The van der Waals surface area contributed by atoms with Crippen LogP contribution in [0.5, 0.6) is 0 Å². The maximum absolute atomic E-state index is 4.54. The predicted molar refractivity (Wildman–Crippen MR) is 76.9 cm³/mol. The van der Waals surface area contributed by atoms with E-state index in [1.54, 1.807) is 0 Å². The lowest BCUT2D eigenvalue weighted by Gasteiger charge is -2.25. The maximum Gasteiger partial charge on any atom is 0.114 e. The molecule has 1 aliphatic heterocycles. The first kappa shape index (κ1) is 12.2. The molecule has 1 aliphatic rings. The molecule has 0 spiro atoms. The van der Waals surface area contributed by atoms with Crippen LogP contribution < -0.4 is 0 Å². The van der Waals surface area contributed by atoms with Gasteiger partial charge in [0, 0.05) is 23.6 Å². The normalized spacial score (nSPS) is 17.4. The van der Waals surface area contributed by atoms with E-state index < -0.39 is 0 Å². The molecule has 0 atom stereocenters. The second-order valence-electron chi connectivity index (χ2n) is 4.97. The fraction of sp³-hybridized carbons (Fsp3) is 0.500. The van der Waals surface area contributed by atoms with Gasteiger partial charge in [0.25, 0.3) is 0 Å². The third-order valence-electron chi connectivity index (χ3n) is 3.67. The Balaban J connectivity index is 1.72. The van der Waals surface area contributed by atoms with E-state index in [-0.39, 0.29) is 0 Å². The lowest BCUT2D eigenvalue weighted by atomic mass is 10.1. The summed E-state index contributed by atoms with van der Waals surface area (Å²) in [5.74, 6) is 1.16. The fourth-order valence-corrected chi connectivity index (χ4v) is 2.98. The molecule has 0 aliphatic carbocycles. The van der Waals surface area contributed by atoms with E-state index >= 15 is 0 Å². The van der Waals surface area contributed by atoms with E-state index in [9.17, 15) is 0 Å². The van der Waals surface area contributed by atoms with Gasteiger partial charge in [0.15, 0.2) is 0 Å². The lowest BCUT2D eigenvalue weighted by molar-refractivity contribution is 0.230. The third kappa shape index (κ3) is 2.59. The van der Waals surface area contributed by atoms with E-state index in [4.69, 9.17) is 0 Å². The highest BCUT2D eigenvalue weighted by Crippen LogP contribution is 2.15. The van der Waals surface area contributed by atoms with E-state index in [2.05, 4.69) is 48.5 Å². The summed E-state index contributed by atoms with van der Waals surface area (Å²) in [5.41, 5.74) is 1.17. The van der Waals surface area contributed by atoms with Gasteiger partial charge < -0.3 is 9.30 Å². The SMILES string of the molecule is Brc1ccc2cnc(CCN3CCCCC3)n2c1. The molecular formula is C14H18BrN3. The quantitative estimate of drug-likeness (QED) is 0.868. The first-order valence-corrected chi connectivity index (χ1v) is 7.46. The Morgan fingerprint density at radius 2 is 2.00 bits per heavy atom. The number of rotatable bonds is 3. The van der Waals surface area contributed by atoms with Crippen molar-refractivity contribution in [2.45, 2.75) is 25.7 Å². The van der Waals surface area contributed by atoms with Gasteiger partial charge >= 0.3 is 0 Å².